The molecule has 0 radical (unpaired) electrons. The van der Waals surface area contributed by atoms with Crippen molar-refractivity contribution in [2.45, 2.75) is 138 Å². The molecule has 108 heavy (non-hydrogen) atoms. The number of carbonyl (C=O) groups excluding carboxylic acids is 8. The Hall–Kier alpha value is -6.38. The fourth-order valence-electron chi connectivity index (χ4n) is 10.4. The topological polar surface area (TPSA) is 578 Å². The average Bonchev–Trinajstić information content (AvgIpc) is 0.823. The lowest BCUT2D eigenvalue weighted by Crippen LogP contribution is -2.64. The maximum absolute atomic E-state index is 13.8. The van der Waals surface area contributed by atoms with Crippen LogP contribution < -0.4 is 47.9 Å². The van der Waals surface area contributed by atoms with E-state index in [9.17, 15) is 84.3 Å². The molecule has 3 aliphatic rings. The van der Waals surface area contributed by atoms with Gasteiger partial charge in [-0.15, -0.1) is 0 Å². The summed E-state index contributed by atoms with van der Waals surface area (Å²) in [4.78, 5) is 105. The number of amides is 9. The van der Waals surface area contributed by atoms with Crippen LogP contribution in [0.5, 0.6) is 0 Å². The van der Waals surface area contributed by atoms with E-state index in [0.29, 0.717) is 11.4 Å². The zero-order valence-electron chi connectivity index (χ0n) is 60.7. The Kier molecular flexibility index (Phi) is 47.3. The van der Waals surface area contributed by atoms with Gasteiger partial charge in [-0.25, -0.2) is 4.79 Å². The second kappa shape index (κ2) is 54.3. The highest BCUT2D eigenvalue weighted by Gasteiger charge is 2.48. The summed E-state index contributed by atoms with van der Waals surface area (Å²) in [7, 11) is 0. The fraction of sp³-hybridized carbons (Fsp3) is 0.769. The highest BCUT2D eigenvalue weighted by molar-refractivity contribution is 7.78. The van der Waals surface area contributed by atoms with Crippen molar-refractivity contribution in [3.05, 3.63) is 24.3 Å². The molecule has 0 spiro atoms. The number of isothiocyanates is 1. The van der Waals surface area contributed by atoms with E-state index in [1.165, 1.54) is 20.8 Å². The molecule has 0 aromatic heterocycles. The van der Waals surface area contributed by atoms with Gasteiger partial charge in [0.15, 0.2) is 18.9 Å². The van der Waals surface area contributed by atoms with Crippen molar-refractivity contribution in [2.75, 3.05) is 190 Å². The molecule has 42 nitrogen and oxygen atoms in total. The summed E-state index contributed by atoms with van der Waals surface area (Å²) in [5.74, 6) is -3.57. The summed E-state index contributed by atoms with van der Waals surface area (Å²) < 4.78 is 84.7. The number of hydrogen-bond acceptors (Lipinski definition) is 34. The third kappa shape index (κ3) is 37.1. The molecule has 15 atom stereocenters. The minimum atomic E-state index is -1.60. The van der Waals surface area contributed by atoms with Gasteiger partial charge >= 0.3 is 6.03 Å². The molecule has 1 aromatic carbocycles. The number of hydrogen-bond donors (Lipinski definition) is 18. The Morgan fingerprint density at radius 3 is 1.05 bits per heavy atom. The molecule has 9 amide bonds. The van der Waals surface area contributed by atoms with Crippen LogP contribution in [-0.4, -0.2) is 381 Å². The molecule has 0 bridgehead atoms. The van der Waals surface area contributed by atoms with Crippen LogP contribution >= 0.6 is 12.2 Å². The van der Waals surface area contributed by atoms with Crippen molar-refractivity contribution in [1.29, 1.82) is 0 Å². The van der Waals surface area contributed by atoms with Gasteiger partial charge in [0.05, 0.1) is 176 Å². The maximum Gasteiger partial charge on any atom is 0.319 e. The normalized spacial score (nSPS) is 24.6. The summed E-state index contributed by atoms with van der Waals surface area (Å²) in [5, 5.41) is 116. The predicted molar refractivity (Wildman–Crippen MR) is 373 cm³/mol. The number of aliphatic imine (C=N–C) groups is 1. The van der Waals surface area contributed by atoms with E-state index >= 15 is 0 Å². The van der Waals surface area contributed by atoms with E-state index in [1.54, 1.807) is 24.3 Å². The predicted octanol–water partition coefficient (Wildman–Crippen LogP) is -8.05. The van der Waals surface area contributed by atoms with Crippen LogP contribution in [0.25, 0.3) is 0 Å². The van der Waals surface area contributed by atoms with Gasteiger partial charge in [-0.1, -0.05) is 0 Å². The van der Waals surface area contributed by atoms with Crippen LogP contribution in [-0.2, 0) is 105 Å². The molecule has 4 rings (SSSR count). The first-order valence-corrected chi connectivity index (χ1v) is 35.4. The van der Waals surface area contributed by atoms with E-state index in [1.807, 2.05) is 0 Å². The number of aliphatic hydroxyl groups is 9. The number of aliphatic hydroxyl groups excluding tert-OH is 9. The quantitative estimate of drug-likeness (QED) is 0.0164. The largest absolute Gasteiger partial charge is 0.394 e. The molecule has 6 unspecified atom stereocenters. The Morgan fingerprint density at radius 1 is 0.426 bits per heavy atom. The average molecular weight is 1570 g/mol. The molecule has 43 heteroatoms. The van der Waals surface area contributed by atoms with Crippen LogP contribution in [0.1, 0.15) is 40.0 Å². The third-order valence-corrected chi connectivity index (χ3v) is 15.9. The Morgan fingerprint density at radius 2 is 0.741 bits per heavy atom. The van der Waals surface area contributed by atoms with Crippen molar-refractivity contribution in [3.8, 4) is 0 Å². The van der Waals surface area contributed by atoms with Crippen LogP contribution in [0.15, 0.2) is 29.3 Å². The van der Waals surface area contributed by atoms with E-state index in [-0.39, 0.29) is 178 Å². The van der Waals surface area contributed by atoms with E-state index in [0.717, 1.165) is 0 Å². The molecule has 3 saturated heterocycles. The summed E-state index contributed by atoms with van der Waals surface area (Å²) >= 11 is 4.65. The van der Waals surface area contributed by atoms with Gasteiger partial charge in [0.1, 0.15) is 78.6 Å². The van der Waals surface area contributed by atoms with Crippen molar-refractivity contribution >= 4 is 76.1 Å². The number of anilines is 1. The summed E-state index contributed by atoms with van der Waals surface area (Å²) in [6, 6.07) is 2.15. The highest BCUT2D eigenvalue weighted by atomic mass is 32.1. The van der Waals surface area contributed by atoms with Gasteiger partial charge in [-0.3, -0.25) is 33.6 Å². The third-order valence-electron chi connectivity index (χ3n) is 15.8. The molecular formula is C65H108N10O32S. The standard InChI is InChI=1S/C65H108N10O32S/c1-40(79)71-52-58(89)55(86)45(33-76)105-61(52)102-29-26-96-23-20-93-17-11-66-48(82)8-14-99-36-65(75-51(85)32-69-64(92)74-44-6-4-43(5-7-44)70-39-108,37-100-15-9-49(83)67-12-18-94-21-24-97-27-30-103-62-53(72-41(2)80)59(90)56(87)46(34-77)106-62)38-101-16-10-50(84)68-13-19-95-22-25-98-28-31-104-63-54(73-42(3)81)60(91)57(88)47(35-78)107-63/h4-7,45-47,52-63,76-78,86-91H,8-38H2,1-3H3,(H,66,82)(H,67,83)(H,68,84)(H,71,79)(H,72,80)(H,73,81)(H,75,85)(H2,69,74,92)/t45?,46?,47?,52?,53?,54?,55-,56-,57-,58+,59+,60+,61+,62+,63+,65?/m0/s1. The fourth-order valence-corrected chi connectivity index (χ4v) is 10.5. The van der Waals surface area contributed by atoms with Crippen LogP contribution in [0.4, 0.5) is 16.2 Å². The van der Waals surface area contributed by atoms with E-state index in [2.05, 4.69) is 70.2 Å². The first-order chi connectivity index (χ1) is 51.9. The number of carbonyl (C=O) groups is 8. The van der Waals surface area contributed by atoms with Gasteiger partial charge in [0.2, 0.25) is 41.4 Å². The molecule has 3 heterocycles. The lowest BCUT2D eigenvalue weighted by molar-refractivity contribution is -0.272. The number of thiocarbonyl (C=S) groups is 1. The minimum Gasteiger partial charge on any atom is -0.394 e. The SMILES string of the molecule is CC(=O)NC1[C@H](OCCOCCOCCNC(=O)CCOCC(COCCC(=O)NCCOCCOCCO[C@@H]2OC(CO)[C@H](O)[C@H](O)C2NC(C)=O)(COCCC(=O)NCCOCCOCCO[C@@H]2OC(CO)[C@H](O)[C@H](O)C2NC(C)=O)NC(=O)CNC(=O)Nc2ccc(N=C=S)cc2)OC(CO)[C@H](O)[C@@H]1O. The zero-order chi connectivity index (χ0) is 79.1. The monoisotopic (exact) mass is 1570 g/mol. The summed E-state index contributed by atoms with van der Waals surface area (Å²) in [6.45, 7) is 0.771. The van der Waals surface area contributed by atoms with Gasteiger partial charge in [0, 0.05) is 65.4 Å². The van der Waals surface area contributed by atoms with Crippen molar-refractivity contribution in [1.82, 2.24) is 42.5 Å². The smallest absolute Gasteiger partial charge is 0.319 e. The molecule has 18 N–H and O–H groups in total. The van der Waals surface area contributed by atoms with Crippen molar-refractivity contribution in [2.24, 2.45) is 4.99 Å². The maximum atomic E-state index is 13.8. The Labute approximate surface area is 628 Å². The number of nitrogens with zero attached hydrogens (tertiary/aromatic N) is 1. The number of rotatable bonds is 56. The second-order valence-corrected chi connectivity index (χ2v) is 24.6. The van der Waals surface area contributed by atoms with Gasteiger partial charge in [-0.05, 0) is 36.5 Å². The first-order valence-electron chi connectivity index (χ1n) is 35.0. The number of benzene rings is 1. The molecule has 1 aromatic rings. The highest BCUT2D eigenvalue weighted by Crippen LogP contribution is 2.25. The molecule has 3 aliphatic heterocycles. The van der Waals surface area contributed by atoms with Gasteiger partial charge in [-0.2, -0.15) is 4.99 Å². The molecule has 3 fully saturated rings. The second-order valence-electron chi connectivity index (χ2n) is 24.4. The Bertz CT molecular complexity index is 2610. The van der Waals surface area contributed by atoms with Gasteiger partial charge in [0.25, 0.3) is 0 Å². The lowest BCUT2D eigenvalue weighted by atomic mass is 9.97. The van der Waals surface area contributed by atoms with Crippen molar-refractivity contribution < 1.29 is 155 Å². The minimum absolute atomic E-state index is 0.0432. The van der Waals surface area contributed by atoms with Gasteiger partial charge < -0.3 is 165 Å². The summed E-state index contributed by atoms with van der Waals surface area (Å²) in [6.07, 6.45) is -16.4. The molecular weight excluding hydrogens is 1460 g/mol. The zero-order valence-corrected chi connectivity index (χ0v) is 61.5. The molecule has 0 saturated carbocycles. The first kappa shape index (κ1) is 94.0. The number of urea groups is 1. The van der Waals surface area contributed by atoms with Crippen molar-refractivity contribution in [3.63, 3.8) is 0 Å². The van der Waals surface area contributed by atoms with Crippen LogP contribution in [0.2, 0.25) is 0 Å². The number of ether oxygens (including phenoxy) is 15. The van der Waals surface area contributed by atoms with Crippen LogP contribution in [0.3, 0.4) is 0 Å². The van der Waals surface area contributed by atoms with E-state index in [4.69, 9.17) is 71.1 Å². The van der Waals surface area contributed by atoms with Crippen LogP contribution in [0, 0.1) is 0 Å². The number of nitrogens with one attached hydrogen (secondary N) is 9. The molecule has 0 aliphatic carbocycles. The summed E-state index contributed by atoms with van der Waals surface area (Å²) in [5.41, 5.74) is -0.759. The molecule has 616 valence electrons. The lowest BCUT2D eigenvalue weighted by Gasteiger charge is -2.42. The van der Waals surface area contributed by atoms with E-state index < -0.39 is 171 Å². The Balaban J connectivity index is 1.28.